The van der Waals surface area contributed by atoms with E-state index in [0.29, 0.717) is 19.6 Å². The first kappa shape index (κ1) is 14.0. The molecule has 0 saturated heterocycles. The third-order valence-corrected chi connectivity index (χ3v) is 2.11. The molecule has 6 nitrogen and oxygen atoms in total. The van der Waals surface area contributed by atoms with Gasteiger partial charge >= 0.3 is 11.6 Å². The number of amides is 1. The Hall–Kier alpha value is -2.11. The lowest BCUT2D eigenvalue weighted by Crippen LogP contribution is -2.25. The highest BCUT2D eigenvalue weighted by Gasteiger charge is 2.06. The predicted octanol–water partition coefficient (Wildman–Crippen LogP) is 0.713. The number of carbonyl (C=O) groups is 2. The van der Waals surface area contributed by atoms with Gasteiger partial charge in [0.25, 0.3) is 5.91 Å². The van der Waals surface area contributed by atoms with E-state index in [9.17, 15) is 14.4 Å². The van der Waals surface area contributed by atoms with E-state index in [1.807, 2.05) is 0 Å². The zero-order valence-corrected chi connectivity index (χ0v) is 10.1. The number of carbonyl (C=O) groups excluding carboxylic acids is 2. The van der Waals surface area contributed by atoms with Crippen LogP contribution < -0.4 is 10.9 Å². The van der Waals surface area contributed by atoms with Crippen LogP contribution in [0.5, 0.6) is 0 Å². The minimum Gasteiger partial charge on any atom is -0.466 e. The van der Waals surface area contributed by atoms with Gasteiger partial charge in [0.1, 0.15) is 6.26 Å². The summed E-state index contributed by atoms with van der Waals surface area (Å²) in [6, 6.07) is 2.56. The number of rotatable bonds is 6. The number of hydrogen-bond donors (Lipinski definition) is 1. The van der Waals surface area contributed by atoms with Crippen LogP contribution in [-0.4, -0.2) is 25.0 Å². The van der Waals surface area contributed by atoms with Crippen molar-refractivity contribution in [3.8, 4) is 0 Å². The molecule has 0 aliphatic carbocycles. The van der Waals surface area contributed by atoms with Gasteiger partial charge < -0.3 is 14.5 Å². The van der Waals surface area contributed by atoms with Crippen molar-refractivity contribution in [2.45, 2.75) is 19.8 Å². The van der Waals surface area contributed by atoms with E-state index in [-0.39, 0.29) is 23.9 Å². The number of esters is 1. The third-order valence-electron chi connectivity index (χ3n) is 2.11. The smallest absolute Gasteiger partial charge is 0.335 e. The zero-order valence-electron chi connectivity index (χ0n) is 10.1. The van der Waals surface area contributed by atoms with Crippen LogP contribution in [0.15, 0.2) is 27.6 Å². The third kappa shape index (κ3) is 4.82. The van der Waals surface area contributed by atoms with Crippen molar-refractivity contribution >= 4 is 11.9 Å². The van der Waals surface area contributed by atoms with Gasteiger partial charge in [0.2, 0.25) is 0 Å². The Balaban J connectivity index is 2.27. The van der Waals surface area contributed by atoms with Crippen molar-refractivity contribution in [1.29, 1.82) is 0 Å². The summed E-state index contributed by atoms with van der Waals surface area (Å²) in [5, 5.41) is 2.61. The molecular formula is C12H15NO5. The molecule has 0 atom stereocenters. The molecule has 1 aromatic rings. The molecule has 0 aliphatic rings. The highest BCUT2D eigenvalue weighted by atomic mass is 16.5. The van der Waals surface area contributed by atoms with Gasteiger partial charge in [-0.15, -0.1) is 0 Å². The first-order valence-corrected chi connectivity index (χ1v) is 5.66. The van der Waals surface area contributed by atoms with Gasteiger partial charge in [0, 0.05) is 19.0 Å². The van der Waals surface area contributed by atoms with Crippen molar-refractivity contribution in [2.75, 3.05) is 13.2 Å². The van der Waals surface area contributed by atoms with Crippen LogP contribution in [0.1, 0.15) is 30.1 Å². The molecular weight excluding hydrogens is 238 g/mol. The van der Waals surface area contributed by atoms with Crippen molar-refractivity contribution < 1.29 is 18.7 Å². The topological polar surface area (TPSA) is 85.6 Å². The maximum atomic E-state index is 11.5. The van der Waals surface area contributed by atoms with E-state index in [1.54, 1.807) is 6.92 Å². The Bertz CT molecular complexity index is 445. The Labute approximate surface area is 104 Å². The van der Waals surface area contributed by atoms with Crippen LogP contribution in [0.4, 0.5) is 0 Å². The highest BCUT2D eigenvalue weighted by molar-refractivity contribution is 5.93. The summed E-state index contributed by atoms with van der Waals surface area (Å²) in [6.45, 7) is 2.45. The highest BCUT2D eigenvalue weighted by Crippen LogP contribution is 1.96. The van der Waals surface area contributed by atoms with E-state index in [4.69, 9.17) is 4.74 Å². The first-order valence-electron chi connectivity index (χ1n) is 5.66. The van der Waals surface area contributed by atoms with E-state index < -0.39 is 5.63 Å². The lowest BCUT2D eigenvalue weighted by Gasteiger charge is -2.04. The van der Waals surface area contributed by atoms with Crippen molar-refractivity contribution in [3.63, 3.8) is 0 Å². The lowest BCUT2D eigenvalue weighted by atomic mass is 10.2. The van der Waals surface area contributed by atoms with Crippen molar-refractivity contribution in [1.82, 2.24) is 5.32 Å². The van der Waals surface area contributed by atoms with Crippen LogP contribution in [0, 0.1) is 0 Å². The van der Waals surface area contributed by atoms with Crippen LogP contribution in [0.3, 0.4) is 0 Å². The summed E-state index contributed by atoms with van der Waals surface area (Å²) in [5.41, 5.74) is -0.236. The van der Waals surface area contributed by atoms with Crippen LogP contribution >= 0.6 is 0 Å². The molecule has 0 unspecified atom stereocenters. The molecule has 6 heteroatoms. The number of nitrogens with one attached hydrogen (secondary N) is 1. The zero-order chi connectivity index (χ0) is 13.4. The second-order valence-corrected chi connectivity index (χ2v) is 3.51. The summed E-state index contributed by atoms with van der Waals surface area (Å²) >= 11 is 0. The van der Waals surface area contributed by atoms with Gasteiger partial charge in [-0.05, 0) is 19.4 Å². The Morgan fingerprint density at radius 1 is 1.39 bits per heavy atom. The first-order chi connectivity index (χ1) is 8.63. The molecule has 98 valence electrons. The minimum absolute atomic E-state index is 0.262. The number of ether oxygens (including phenoxy) is 1. The van der Waals surface area contributed by atoms with Gasteiger partial charge in [-0.3, -0.25) is 9.59 Å². The fourth-order valence-corrected chi connectivity index (χ4v) is 1.26. The summed E-state index contributed by atoms with van der Waals surface area (Å²) in [6.07, 6.45) is 1.86. The quantitative estimate of drug-likeness (QED) is 0.596. The average molecular weight is 253 g/mol. The average Bonchev–Trinajstić information content (AvgIpc) is 2.35. The molecule has 1 amide bonds. The molecule has 18 heavy (non-hydrogen) atoms. The minimum atomic E-state index is -0.506. The summed E-state index contributed by atoms with van der Waals surface area (Å²) < 4.78 is 9.31. The van der Waals surface area contributed by atoms with E-state index in [2.05, 4.69) is 9.73 Å². The molecule has 1 aromatic heterocycles. The molecule has 0 fully saturated rings. The molecule has 0 radical (unpaired) electrons. The van der Waals surface area contributed by atoms with Gasteiger partial charge in [-0.2, -0.15) is 0 Å². The standard InChI is InChI=1S/C12H15NO5/c1-2-17-10(14)4-3-7-13-12(16)9-5-6-11(15)18-8-9/h5-6,8H,2-4,7H2,1H3,(H,13,16). The molecule has 0 saturated carbocycles. The fraction of sp³-hybridized carbons (Fsp3) is 0.417. The molecule has 1 rings (SSSR count). The second kappa shape index (κ2) is 7.26. The Morgan fingerprint density at radius 3 is 2.78 bits per heavy atom. The predicted molar refractivity (Wildman–Crippen MR) is 63.2 cm³/mol. The monoisotopic (exact) mass is 253 g/mol. The van der Waals surface area contributed by atoms with Gasteiger partial charge in [-0.25, -0.2) is 4.79 Å². The fourth-order valence-electron chi connectivity index (χ4n) is 1.26. The van der Waals surface area contributed by atoms with Gasteiger partial charge in [0.05, 0.1) is 12.2 Å². The van der Waals surface area contributed by atoms with Crippen molar-refractivity contribution in [2.24, 2.45) is 0 Å². The Kier molecular flexibility index (Phi) is 5.63. The SMILES string of the molecule is CCOC(=O)CCCNC(=O)c1ccc(=O)oc1. The normalized spacial score (nSPS) is 9.83. The second-order valence-electron chi connectivity index (χ2n) is 3.51. The molecule has 1 N–H and O–H groups in total. The summed E-state index contributed by atoms with van der Waals surface area (Å²) in [4.78, 5) is 33.2. The largest absolute Gasteiger partial charge is 0.466 e. The maximum absolute atomic E-state index is 11.5. The van der Waals surface area contributed by atoms with Crippen LogP contribution in [0.25, 0.3) is 0 Å². The molecule has 0 spiro atoms. The summed E-state index contributed by atoms with van der Waals surface area (Å²) in [7, 11) is 0. The van der Waals surface area contributed by atoms with Gasteiger partial charge in [0.15, 0.2) is 0 Å². The van der Waals surface area contributed by atoms with Crippen molar-refractivity contribution in [3.05, 3.63) is 34.4 Å². The van der Waals surface area contributed by atoms with Gasteiger partial charge in [-0.1, -0.05) is 0 Å². The van der Waals surface area contributed by atoms with E-state index in [0.717, 1.165) is 6.26 Å². The Morgan fingerprint density at radius 2 is 2.17 bits per heavy atom. The van der Waals surface area contributed by atoms with Crippen LogP contribution in [0.2, 0.25) is 0 Å². The molecule has 1 heterocycles. The molecule has 0 aromatic carbocycles. The molecule has 0 bridgehead atoms. The maximum Gasteiger partial charge on any atom is 0.335 e. The summed E-state index contributed by atoms with van der Waals surface area (Å²) in [5.74, 6) is -0.625. The van der Waals surface area contributed by atoms with E-state index in [1.165, 1.54) is 12.1 Å². The lowest BCUT2D eigenvalue weighted by molar-refractivity contribution is -0.143. The molecule has 0 aliphatic heterocycles. The van der Waals surface area contributed by atoms with E-state index >= 15 is 0 Å². The number of hydrogen-bond acceptors (Lipinski definition) is 5. The van der Waals surface area contributed by atoms with Crippen LogP contribution in [-0.2, 0) is 9.53 Å².